The summed E-state index contributed by atoms with van der Waals surface area (Å²) in [6.07, 6.45) is 11.9. The van der Waals surface area contributed by atoms with Gasteiger partial charge >= 0.3 is 0 Å². The molecule has 3 rings (SSSR count). The van der Waals surface area contributed by atoms with Gasteiger partial charge in [0.25, 0.3) is 0 Å². The highest BCUT2D eigenvalue weighted by atomic mass is 32.2. The van der Waals surface area contributed by atoms with E-state index in [0.29, 0.717) is 24.3 Å². The summed E-state index contributed by atoms with van der Waals surface area (Å²) in [4.78, 5) is 16.4. The SMILES string of the molecule is Cn1ccnc1SC1CCC(NC(=O)CCn2cnnc2)CC1. The third-order valence-electron chi connectivity index (χ3n) is 4.15. The molecule has 0 radical (unpaired) electrons. The number of thioether (sulfide) groups is 1. The molecule has 0 unspecified atom stereocenters. The molecule has 0 spiro atoms. The maximum atomic E-state index is 12.0. The molecule has 1 fully saturated rings. The summed E-state index contributed by atoms with van der Waals surface area (Å²) >= 11 is 1.85. The minimum atomic E-state index is 0.110. The van der Waals surface area contributed by atoms with Gasteiger partial charge in [0.1, 0.15) is 12.7 Å². The van der Waals surface area contributed by atoms with Crippen molar-refractivity contribution in [1.29, 1.82) is 0 Å². The molecular formula is C15H22N6OS. The van der Waals surface area contributed by atoms with Crippen molar-refractivity contribution in [2.75, 3.05) is 0 Å². The molecule has 2 heterocycles. The maximum Gasteiger partial charge on any atom is 0.222 e. The first-order chi connectivity index (χ1) is 11.2. The van der Waals surface area contributed by atoms with Gasteiger partial charge in [-0.25, -0.2) is 4.98 Å². The fourth-order valence-corrected chi connectivity index (χ4v) is 3.96. The number of carbonyl (C=O) groups is 1. The van der Waals surface area contributed by atoms with Crippen LogP contribution in [-0.2, 0) is 18.4 Å². The zero-order chi connectivity index (χ0) is 16.1. The summed E-state index contributed by atoms with van der Waals surface area (Å²) in [6.45, 7) is 0.628. The summed E-state index contributed by atoms with van der Waals surface area (Å²) in [5, 5.41) is 12.3. The molecule has 2 aromatic heterocycles. The molecule has 23 heavy (non-hydrogen) atoms. The molecule has 2 aromatic rings. The minimum absolute atomic E-state index is 0.110. The van der Waals surface area contributed by atoms with Crippen LogP contribution in [0.1, 0.15) is 32.1 Å². The number of hydrogen-bond acceptors (Lipinski definition) is 5. The third kappa shape index (κ3) is 4.57. The first kappa shape index (κ1) is 16.0. The summed E-state index contributed by atoms with van der Waals surface area (Å²) in [5.41, 5.74) is 0. The molecule has 0 atom stereocenters. The summed E-state index contributed by atoms with van der Waals surface area (Å²) in [6, 6.07) is 0.307. The van der Waals surface area contributed by atoms with E-state index in [-0.39, 0.29) is 5.91 Å². The average molecular weight is 334 g/mol. The molecule has 7 nitrogen and oxygen atoms in total. The quantitative estimate of drug-likeness (QED) is 0.868. The van der Waals surface area contributed by atoms with Crippen molar-refractivity contribution in [3.8, 4) is 0 Å². The van der Waals surface area contributed by atoms with Crippen molar-refractivity contribution in [3.63, 3.8) is 0 Å². The van der Waals surface area contributed by atoms with E-state index in [1.165, 1.54) is 0 Å². The van der Waals surface area contributed by atoms with Crippen LogP contribution in [0.5, 0.6) is 0 Å². The van der Waals surface area contributed by atoms with Crippen molar-refractivity contribution >= 4 is 17.7 Å². The van der Waals surface area contributed by atoms with E-state index < -0.39 is 0 Å². The highest BCUT2D eigenvalue weighted by Gasteiger charge is 2.24. The van der Waals surface area contributed by atoms with Gasteiger partial charge in [-0.15, -0.1) is 10.2 Å². The van der Waals surface area contributed by atoms with Crippen molar-refractivity contribution < 1.29 is 4.79 Å². The number of nitrogens with one attached hydrogen (secondary N) is 1. The fraction of sp³-hybridized carbons (Fsp3) is 0.600. The predicted molar refractivity (Wildman–Crippen MR) is 87.9 cm³/mol. The second kappa shape index (κ2) is 7.63. The standard InChI is InChI=1S/C15H22N6OS/c1-20-9-7-16-15(20)23-13-4-2-12(3-5-13)19-14(22)6-8-21-10-17-18-11-21/h7,9-13H,2-6,8H2,1H3,(H,19,22). The number of rotatable bonds is 6. The van der Waals surface area contributed by atoms with Gasteiger partial charge in [0.2, 0.25) is 5.91 Å². The number of imidazole rings is 1. The van der Waals surface area contributed by atoms with Crippen molar-refractivity contribution in [1.82, 2.24) is 29.6 Å². The Bertz CT molecular complexity index is 618. The van der Waals surface area contributed by atoms with Crippen LogP contribution in [0.4, 0.5) is 0 Å². The monoisotopic (exact) mass is 334 g/mol. The Balaban J connectivity index is 1.37. The number of carbonyl (C=O) groups excluding carboxylic acids is 1. The van der Waals surface area contributed by atoms with E-state index in [9.17, 15) is 4.79 Å². The number of hydrogen-bond donors (Lipinski definition) is 1. The van der Waals surface area contributed by atoms with Crippen LogP contribution in [0.3, 0.4) is 0 Å². The highest BCUT2D eigenvalue weighted by molar-refractivity contribution is 7.99. The number of amides is 1. The van der Waals surface area contributed by atoms with E-state index in [4.69, 9.17) is 0 Å². The lowest BCUT2D eigenvalue weighted by atomic mass is 9.95. The van der Waals surface area contributed by atoms with Crippen LogP contribution >= 0.6 is 11.8 Å². The molecule has 1 N–H and O–H groups in total. The van der Waals surface area contributed by atoms with Crippen molar-refractivity contribution in [2.24, 2.45) is 7.05 Å². The molecule has 0 aliphatic heterocycles. The van der Waals surface area contributed by atoms with Crippen molar-refractivity contribution in [3.05, 3.63) is 25.0 Å². The smallest absolute Gasteiger partial charge is 0.222 e. The average Bonchev–Trinajstić information content (AvgIpc) is 3.20. The number of nitrogens with zero attached hydrogens (tertiary/aromatic N) is 5. The van der Waals surface area contributed by atoms with Gasteiger partial charge in [-0.3, -0.25) is 4.79 Å². The second-order valence-corrected chi connectivity index (χ2v) is 7.20. The van der Waals surface area contributed by atoms with Gasteiger partial charge in [-0.1, -0.05) is 11.8 Å². The Hall–Kier alpha value is -1.83. The Kier molecular flexibility index (Phi) is 5.32. The summed E-state index contributed by atoms with van der Waals surface area (Å²) in [7, 11) is 2.02. The Morgan fingerprint density at radius 1 is 1.30 bits per heavy atom. The van der Waals surface area contributed by atoms with E-state index in [0.717, 1.165) is 30.8 Å². The zero-order valence-electron chi connectivity index (χ0n) is 13.3. The number of aromatic nitrogens is 5. The molecule has 1 aliphatic carbocycles. The van der Waals surface area contributed by atoms with E-state index >= 15 is 0 Å². The maximum absolute atomic E-state index is 12.0. The molecule has 1 saturated carbocycles. The van der Waals surface area contributed by atoms with Gasteiger partial charge in [-0.2, -0.15) is 0 Å². The molecule has 1 amide bonds. The molecule has 1 aliphatic rings. The summed E-state index contributed by atoms with van der Waals surface area (Å²) in [5.74, 6) is 0.110. The molecular weight excluding hydrogens is 312 g/mol. The topological polar surface area (TPSA) is 77.6 Å². The number of aryl methyl sites for hydroxylation is 2. The summed E-state index contributed by atoms with van der Waals surface area (Å²) < 4.78 is 3.88. The zero-order valence-corrected chi connectivity index (χ0v) is 14.1. The predicted octanol–water partition coefficient (Wildman–Crippen LogP) is 1.62. The lowest BCUT2D eigenvalue weighted by Gasteiger charge is -2.28. The van der Waals surface area contributed by atoms with Crippen LogP contribution < -0.4 is 5.32 Å². The van der Waals surface area contributed by atoms with Gasteiger partial charge in [0.05, 0.1) is 0 Å². The first-order valence-corrected chi connectivity index (χ1v) is 8.84. The molecule has 0 aromatic carbocycles. The van der Waals surface area contributed by atoms with Crippen LogP contribution in [0.2, 0.25) is 0 Å². The molecule has 0 saturated heterocycles. The van der Waals surface area contributed by atoms with Crippen LogP contribution in [0.15, 0.2) is 30.2 Å². The van der Waals surface area contributed by atoms with Gasteiger partial charge in [-0.05, 0) is 25.7 Å². The van der Waals surface area contributed by atoms with Crippen LogP contribution in [0, 0.1) is 0 Å². The molecule has 0 bridgehead atoms. The molecule has 8 heteroatoms. The first-order valence-electron chi connectivity index (χ1n) is 7.96. The molecule has 124 valence electrons. The van der Waals surface area contributed by atoms with Gasteiger partial charge in [0, 0.05) is 43.7 Å². The van der Waals surface area contributed by atoms with E-state index in [1.807, 2.05) is 35.8 Å². The Morgan fingerprint density at radius 3 is 2.70 bits per heavy atom. The third-order valence-corrected chi connectivity index (χ3v) is 5.56. The van der Waals surface area contributed by atoms with Crippen LogP contribution in [0.25, 0.3) is 0 Å². The fourth-order valence-electron chi connectivity index (χ4n) is 2.81. The van der Waals surface area contributed by atoms with Crippen molar-refractivity contribution in [2.45, 2.75) is 55.1 Å². The Morgan fingerprint density at radius 2 is 2.04 bits per heavy atom. The highest BCUT2D eigenvalue weighted by Crippen LogP contribution is 2.32. The second-order valence-electron chi connectivity index (χ2n) is 5.93. The minimum Gasteiger partial charge on any atom is -0.353 e. The Labute approximate surface area is 139 Å². The lowest BCUT2D eigenvalue weighted by molar-refractivity contribution is -0.122. The normalized spacial score (nSPS) is 21.3. The largest absolute Gasteiger partial charge is 0.353 e. The van der Waals surface area contributed by atoms with Gasteiger partial charge in [0.15, 0.2) is 5.16 Å². The van der Waals surface area contributed by atoms with E-state index in [2.05, 4.69) is 25.1 Å². The van der Waals surface area contributed by atoms with E-state index in [1.54, 1.807) is 12.7 Å². The lowest BCUT2D eigenvalue weighted by Crippen LogP contribution is -2.38. The van der Waals surface area contributed by atoms with Gasteiger partial charge < -0.3 is 14.5 Å². The van der Waals surface area contributed by atoms with Crippen LogP contribution in [-0.4, -0.2) is 41.5 Å².